The van der Waals surface area contributed by atoms with Crippen molar-refractivity contribution in [2.75, 3.05) is 0 Å². The summed E-state index contributed by atoms with van der Waals surface area (Å²) in [6, 6.07) is 6.08. The van der Waals surface area contributed by atoms with E-state index in [-0.39, 0.29) is 23.4 Å². The number of carbonyl (C=O) groups is 2. The summed E-state index contributed by atoms with van der Waals surface area (Å²) in [6.07, 6.45) is 8.17. The molecule has 0 aromatic heterocycles. The summed E-state index contributed by atoms with van der Waals surface area (Å²) in [5, 5.41) is 4.27. The predicted molar refractivity (Wildman–Crippen MR) is 109 cm³/mol. The lowest BCUT2D eigenvalue weighted by atomic mass is 9.77. The molecule has 0 radical (unpaired) electrons. The number of ketones is 2. The maximum Gasteiger partial charge on any atom is 0.198 e. The molecule has 5 rings (SSSR count). The molecular formula is C24H29NO4. The molecule has 3 aliphatic carbocycles. The first kappa shape index (κ1) is 18.8. The largest absolute Gasteiger partial charge is 0.490 e. The van der Waals surface area contributed by atoms with E-state index in [2.05, 4.69) is 12.1 Å². The summed E-state index contributed by atoms with van der Waals surface area (Å²) in [5.74, 6) is 0.741. The average molecular weight is 395 g/mol. The first-order chi connectivity index (χ1) is 13.9. The monoisotopic (exact) mass is 395 g/mol. The predicted octanol–water partition coefficient (Wildman–Crippen LogP) is 4.38. The first-order valence-electron chi connectivity index (χ1n) is 11.1. The number of carbonyl (C=O) groups excluding carboxylic acids is 2. The number of oxime groups is 1. The Kier molecular flexibility index (Phi) is 4.52. The molecule has 1 heterocycles. The lowest BCUT2D eigenvalue weighted by Crippen LogP contribution is -2.45. The van der Waals surface area contributed by atoms with Gasteiger partial charge in [0, 0.05) is 17.9 Å². The normalized spacial score (nSPS) is 33.8. The minimum atomic E-state index is -1.04. The Morgan fingerprint density at radius 3 is 2.72 bits per heavy atom. The van der Waals surface area contributed by atoms with Crippen LogP contribution in [-0.4, -0.2) is 29.0 Å². The van der Waals surface area contributed by atoms with E-state index in [1.54, 1.807) is 6.92 Å². The highest BCUT2D eigenvalue weighted by molar-refractivity contribution is 6.12. The third-order valence-electron chi connectivity index (χ3n) is 7.44. The number of nitrogens with zero attached hydrogens (tertiary/aromatic N) is 1. The molecule has 29 heavy (non-hydrogen) atoms. The Morgan fingerprint density at radius 1 is 1.21 bits per heavy atom. The van der Waals surface area contributed by atoms with Gasteiger partial charge in [0.1, 0.15) is 11.5 Å². The van der Waals surface area contributed by atoms with Crippen molar-refractivity contribution in [1.29, 1.82) is 0 Å². The number of benzene rings is 1. The molecule has 3 saturated carbocycles. The number of fused-ring (bicyclic) bond motifs is 2. The van der Waals surface area contributed by atoms with E-state index >= 15 is 0 Å². The molecule has 0 amide bonds. The van der Waals surface area contributed by atoms with Crippen LogP contribution < -0.4 is 4.74 Å². The van der Waals surface area contributed by atoms with Gasteiger partial charge in [-0.1, -0.05) is 17.3 Å². The summed E-state index contributed by atoms with van der Waals surface area (Å²) in [6.45, 7) is 3.84. The van der Waals surface area contributed by atoms with E-state index in [0.717, 1.165) is 54.7 Å². The zero-order chi connectivity index (χ0) is 20.2. The van der Waals surface area contributed by atoms with Gasteiger partial charge in [-0.25, -0.2) is 0 Å². The molecule has 154 valence electrons. The minimum Gasteiger partial charge on any atom is -0.490 e. The van der Waals surface area contributed by atoms with Gasteiger partial charge in [0.15, 0.2) is 11.4 Å². The van der Waals surface area contributed by atoms with Crippen LogP contribution in [-0.2, 0) is 14.4 Å². The minimum absolute atomic E-state index is 0.0806. The molecule has 1 aromatic carbocycles. The fraction of sp³-hybridized carbons (Fsp3) is 0.625. The third kappa shape index (κ3) is 3.19. The van der Waals surface area contributed by atoms with Crippen LogP contribution in [0.25, 0.3) is 0 Å². The van der Waals surface area contributed by atoms with Gasteiger partial charge >= 0.3 is 0 Å². The zero-order valence-corrected chi connectivity index (χ0v) is 17.3. The van der Waals surface area contributed by atoms with Gasteiger partial charge in [-0.05, 0) is 76.3 Å². The fourth-order valence-electron chi connectivity index (χ4n) is 5.66. The Morgan fingerprint density at radius 2 is 2.00 bits per heavy atom. The van der Waals surface area contributed by atoms with E-state index in [1.807, 2.05) is 18.2 Å². The van der Waals surface area contributed by atoms with Gasteiger partial charge in [-0.3, -0.25) is 9.59 Å². The van der Waals surface area contributed by atoms with Crippen LogP contribution in [0.5, 0.6) is 5.75 Å². The molecule has 0 spiro atoms. The van der Waals surface area contributed by atoms with Crippen molar-refractivity contribution in [2.45, 2.75) is 76.9 Å². The Labute approximate surface area is 171 Å². The van der Waals surface area contributed by atoms with Crippen LogP contribution in [0.4, 0.5) is 0 Å². The fourth-order valence-corrected chi connectivity index (χ4v) is 5.66. The Bertz CT molecular complexity index is 885. The highest BCUT2D eigenvalue weighted by Gasteiger charge is 2.56. The van der Waals surface area contributed by atoms with Crippen LogP contribution in [0.3, 0.4) is 0 Å². The number of ether oxygens (including phenoxy) is 1. The molecule has 1 aromatic rings. The topological polar surface area (TPSA) is 65.0 Å². The van der Waals surface area contributed by atoms with Crippen molar-refractivity contribution in [1.82, 2.24) is 0 Å². The molecule has 1 aliphatic heterocycles. The summed E-state index contributed by atoms with van der Waals surface area (Å²) in [5.41, 5.74) is 1.75. The molecule has 3 fully saturated rings. The maximum atomic E-state index is 13.3. The first-order valence-corrected chi connectivity index (χ1v) is 11.1. The molecule has 0 N–H and O–H groups in total. The Balaban J connectivity index is 1.32. The number of rotatable bonds is 5. The van der Waals surface area contributed by atoms with Crippen molar-refractivity contribution in [3.63, 3.8) is 0 Å². The van der Waals surface area contributed by atoms with E-state index < -0.39 is 11.5 Å². The standard InChI is InChI=1S/C24H29NO4/c1-14-7-8-15(12-20(14)28-18-5-3-4-6-18)19-13-24(2,29-25-19)23(27)21-16-9-10-17(11-16)22(21)26/h7-8,12,16-18,21H,3-6,9-11,13H2,1-2H3. The van der Waals surface area contributed by atoms with Crippen LogP contribution in [0, 0.1) is 24.7 Å². The SMILES string of the molecule is Cc1ccc(C2=NOC(C)(C(=O)C3C(=O)C4CCC3C4)C2)cc1OC1CCCC1. The van der Waals surface area contributed by atoms with Crippen LogP contribution in [0.2, 0.25) is 0 Å². The van der Waals surface area contributed by atoms with Crippen LogP contribution in [0.15, 0.2) is 23.4 Å². The van der Waals surface area contributed by atoms with Crippen molar-refractivity contribution in [3.8, 4) is 5.75 Å². The zero-order valence-electron chi connectivity index (χ0n) is 17.3. The molecule has 4 aliphatic rings. The molecule has 5 nitrogen and oxygen atoms in total. The van der Waals surface area contributed by atoms with Gasteiger partial charge < -0.3 is 9.57 Å². The average Bonchev–Trinajstić information content (AvgIpc) is 3.48. The van der Waals surface area contributed by atoms with E-state index in [1.165, 1.54) is 12.8 Å². The van der Waals surface area contributed by atoms with Crippen molar-refractivity contribution in [3.05, 3.63) is 29.3 Å². The smallest absolute Gasteiger partial charge is 0.198 e. The number of hydrogen-bond acceptors (Lipinski definition) is 5. The summed E-state index contributed by atoms with van der Waals surface area (Å²) >= 11 is 0. The van der Waals surface area contributed by atoms with Gasteiger partial charge in [-0.2, -0.15) is 0 Å². The summed E-state index contributed by atoms with van der Waals surface area (Å²) in [4.78, 5) is 31.5. The number of Topliss-reactive ketones (excluding diaryl/α,β-unsaturated/α-hetero) is 2. The van der Waals surface area contributed by atoms with Gasteiger partial charge in [0.05, 0.1) is 17.7 Å². The summed E-state index contributed by atoms with van der Waals surface area (Å²) in [7, 11) is 0. The highest BCUT2D eigenvalue weighted by atomic mass is 16.7. The van der Waals surface area contributed by atoms with E-state index in [0.29, 0.717) is 12.5 Å². The summed E-state index contributed by atoms with van der Waals surface area (Å²) < 4.78 is 6.23. The second-order valence-electron chi connectivity index (χ2n) is 9.56. The van der Waals surface area contributed by atoms with Gasteiger partial charge in [0.2, 0.25) is 0 Å². The second-order valence-corrected chi connectivity index (χ2v) is 9.56. The van der Waals surface area contributed by atoms with Gasteiger partial charge in [0.25, 0.3) is 0 Å². The lowest BCUT2D eigenvalue weighted by Gasteiger charge is -2.27. The second kappa shape index (κ2) is 6.96. The quantitative estimate of drug-likeness (QED) is 0.694. The number of hydrogen-bond donors (Lipinski definition) is 0. The van der Waals surface area contributed by atoms with Crippen LogP contribution in [0.1, 0.15) is 69.4 Å². The third-order valence-corrected chi connectivity index (χ3v) is 7.44. The number of aryl methyl sites for hydroxylation is 1. The maximum absolute atomic E-state index is 13.3. The van der Waals surface area contributed by atoms with E-state index in [9.17, 15) is 9.59 Å². The van der Waals surface area contributed by atoms with E-state index in [4.69, 9.17) is 9.57 Å². The van der Waals surface area contributed by atoms with Crippen LogP contribution >= 0.6 is 0 Å². The molecule has 0 saturated heterocycles. The molecule has 5 heteroatoms. The molecular weight excluding hydrogens is 366 g/mol. The lowest BCUT2D eigenvalue weighted by molar-refractivity contribution is -0.149. The van der Waals surface area contributed by atoms with Crippen molar-refractivity contribution >= 4 is 17.3 Å². The highest BCUT2D eigenvalue weighted by Crippen LogP contribution is 2.48. The molecule has 4 unspecified atom stereocenters. The van der Waals surface area contributed by atoms with Crippen molar-refractivity contribution < 1.29 is 19.2 Å². The molecule has 2 bridgehead atoms. The Hall–Kier alpha value is -2.17. The van der Waals surface area contributed by atoms with Gasteiger partial charge in [-0.15, -0.1) is 0 Å². The van der Waals surface area contributed by atoms with Crippen molar-refractivity contribution in [2.24, 2.45) is 22.9 Å². The molecule has 4 atom stereocenters.